The topological polar surface area (TPSA) is 53.2 Å². The van der Waals surface area contributed by atoms with Gasteiger partial charge in [-0.2, -0.15) is 0 Å². The summed E-state index contributed by atoms with van der Waals surface area (Å²) in [6, 6.07) is 7.00. The number of rotatable bonds is 7. The summed E-state index contributed by atoms with van der Waals surface area (Å²) in [6.45, 7) is 2.06. The van der Waals surface area contributed by atoms with Crippen LogP contribution in [0, 0.1) is 0 Å². The fraction of sp³-hybridized carbons (Fsp3) is 0.467. The van der Waals surface area contributed by atoms with E-state index in [1.165, 1.54) is 0 Å². The molecule has 134 valence electrons. The molecular weight excluding hydrogens is 412 g/mol. The van der Waals surface area contributed by atoms with Crippen LogP contribution in [-0.2, 0) is 4.79 Å². The Morgan fingerprint density at radius 1 is 1.25 bits per heavy atom. The van der Waals surface area contributed by atoms with Crippen LogP contribution in [0.25, 0.3) is 0 Å². The van der Waals surface area contributed by atoms with Gasteiger partial charge in [0.1, 0.15) is 6.17 Å². The van der Waals surface area contributed by atoms with Crippen molar-refractivity contribution in [1.82, 2.24) is 10.6 Å². The van der Waals surface area contributed by atoms with Gasteiger partial charge in [-0.1, -0.05) is 72.2 Å². The van der Waals surface area contributed by atoms with Crippen LogP contribution in [0.1, 0.15) is 32.6 Å². The first kappa shape index (κ1) is 21.6. The van der Waals surface area contributed by atoms with Crippen LogP contribution in [0.4, 0.5) is 5.69 Å². The number of unbranched alkanes of at least 4 members (excludes halogenated alkanes) is 2. The van der Waals surface area contributed by atoms with Gasteiger partial charge in [0.25, 0.3) is 0 Å². The number of nitrogens with one attached hydrogen (secondary N) is 3. The van der Waals surface area contributed by atoms with Crippen LogP contribution < -0.4 is 16.0 Å². The Morgan fingerprint density at radius 3 is 2.54 bits per heavy atom. The van der Waals surface area contributed by atoms with Gasteiger partial charge in [-0.05, 0) is 36.8 Å². The van der Waals surface area contributed by atoms with Crippen molar-refractivity contribution in [3.8, 4) is 0 Å². The van der Waals surface area contributed by atoms with Gasteiger partial charge in [0, 0.05) is 17.1 Å². The van der Waals surface area contributed by atoms with Gasteiger partial charge in [0.2, 0.25) is 9.70 Å². The molecule has 3 N–H and O–H groups in total. The SMILES string of the molecule is CCCCCC(=O)N[C@@H](NC(=S)Nc1cccc(Cl)c1)C(Cl)(Cl)Cl. The number of alkyl halides is 3. The van der Waals surface area contributed by atoms with Crippen LogP contribution in [0.2, 0.25) is 5.02 Å². The van der Waals surface area contributed by atoms with E-state index in [9.17, 15) is 4.79 Å². The van der Waals surface area contributed by atoms with Crippen LogP contribution in [-0.4, -0.2) is 21.0 Å². The fourth-order valence-corrected chi connectivity index (χ4v) is 2.59. The highest BCUT2D eigenvalue weighted by Gasteiger charge is 2.34. The lowest BCUT2D eigenvalue weighted by molar-refractivity contribution is -0.122. The maximum atomic E-state index is 12.0. The Morgan fingerprint density at radius 2 is 1.96 bits per heavy atom. The summed E-state index contributed by atoms with van der Waals surface area (Å²) in [5.74, 6) is -0.210. The second-order valence-corrected chi connectivity index (χ2v) is 8.32. The third-order valence-electron chi connectivity index (χ3n) is 3.00. The van der Waals surface area contributed by atoms with Crippen LogP contribution in [0.3, 0.4) is 0 Å². The average Bonchev–Trinajstić information content (AvgIpc) is 2.45. The molecule has 1 aromatic carbocycles. The summed E-state index contributed by atoms with van der Waals surface area (Å²) < 4.78 is -1.76. The molecule has 0 radical (unpaired) electrons. The van der Waals surface area contributed by atoms with E-state index in [1.807, 2.05) is 0 Å². The Balaban J connectivity index is 2.62. The number of carbonyl (C=O) groups is 1. The number of amides is 1. The van der Waals surface area contributed by atoms with Gasteiger partial charge in [-0.3, -0.25) is 4.79 Å². The molecule has 24 heavy (non-hydrogen) atoms. The van der Waals surface area contributed by atoms with Crippen LogP contribution >= 0.6 is 58.6 Å². The number of carbonyl (C=O) groups excluding carboxylic acids is 1. The molecule has 0 unspecified atom stereocenters. The minimum absolute atomic E-state index is 0.197. The van der Waals surface area contributed by atoms with E-state index in [2.05, 4.69) is 22.9 Å². The van der Waals surface area contributed by atoms with Crippen molar-refractivity contribution in [3.05, 3.63) is 29.3 Å². The van der Waals surface area contributed by atoms with Gasteiger partial charge in [0.15, 0.2) is 5.11 Å². The molecule has 0 aliphatic rings. The van der Waals surface area contributed by atoms with Crippen molar-refractivity contribution in [1.29, 1.82) is 0 Å². The standard InChI is InChI=1S/C15H19Cl4N3OS/c1-2-3-4-8-12(23)21-13(15(17,18)19)22-14(24)20-11-7-5-6-10(16)9-11/h5-7,9,13H,2-4,8H2,1H3,(H,21,23)(H2,20,22,24)/t13-/m0/s1. The molecule has 1 atom stereocenters. The van der Waals surface area contributed by atoms with Gasteiger partial charge >= 0.3 is 0 Å². The van der Waals surface area contributed by atoms with Crippen LogP contribution in [0.5, 0.6) is 0 Å². The lowest BCUT2D eigenvalue weighted by Gasteiger charge is -2.27. The number of halogens is 4. The molecule has 1 rings (SSSR count). The maximum Gasteiger partial charge on any atom is 0.228 e. The van der Waals surface area contributed by atoms with E-state index in [1.54, 1.807) is 24.3 Å². The molecule has 4 nitrogen and oxygen atoms in total. The first-order chi connectivity index (χ1) is 11.2. The highest BCUT2D eigenvalue weighted by atomic mass is 35.6. The molecule has 9 heteroatoms. The molecule has 0 aliphatic heterocycles. The monoisotopic (exact) mass is 429 g/mol. The average molecular weight is 431 g/mol. The number of thiocarbonyl (C=S) groups is 1. The summed E-state index contributed by atoms with van der Waals surface area (Å²) in [5.41, 5.74) is 0.678. The largest absolute Gasteiger partial charge is 0.339 e. The second-order valence-electron chi connectivity index (χ2n) is 5.11. The zero-order valence-corrected chi connectivity index (χ0v) is 16.9. The zero-order chi connectivity index (χ0) is 18.2. The Kier molecular flexibility index (Phi) is 9.45. The molecule has 0 fully saturated rings. The molecule has 0 saturated carbocycles. The highest BCUT2D eigenvalue weighted by molar-refractivity contribution is 7.80. The van der Waals surface area contributed by atoms with Crippen molar-refractivity contribution in [3.63, 3.8) is 0 Å². The predicted octanol–water partition coefficient (Wildman–Crippen LogP) is 5.02. The van der Waals surface area contributed by atoms with E-state index in [-0.39, 0.29) is 11.0 Å². The second kappa shape index (κ2) is 10.5. The van der Waals surface area contributed by atoms with E-state index < -0.39 is 9.96 Å². The van der Waals surface area contributed by atoms with Crippen molar-refractivity contribution >= 4 is 75.3 Å². The molecule has 0 spiro atoms. The Hall–Kier alpha value is -0.460. The van der Waals surface area contributed by atoms with Gasteiger partial charge in [-0.15, -0.1) is 0 Å². The first-order valence-corrected chi connectivity index (χ1v) is 9.33. The van der Waals surface area contributed by atoms with E-state index in [0.29, 0.717) is 17.1 Å². The number of anilines is 1. The minimum Gasteiger partial charge on any atom is -0.339 e. The third-order valence-corrected chi connectivity index (χ3v) is 4.11. The van der Waals surface area contributed by atoms with Gasteiger partial charge in [-0.25, -0.2) is 0 Å². The first-order valence-electron chi connectivity index (χ1n) is 7.41. The number of benzene rings is 1. The third kappa shape index (κ3) is 8.58. The molecule has 0 heterocycles. The molecule has 0 aliphatic carbocycles. The van der Waals surface area contributed by atoms with Gasteiger partial charge < -0.3 is 16.0 Å². The molecule has 0 bridgehead atoms. The minimum atomic E-state index is -1.76. The fourth-order valence-electron chi connectivity index (χ4n) is 1.83. The molecule has 0 aromatic heterocycles. The van der Waals surface area contributed by atoms with Gasteiger partial charge in [0.05, 0.1) is 0 Å². The normalized spacial score (nSPS) is 12.4. The summed E-state index contributed by atoms with van der Waals surface area (Å²) in [7, 11) is 0. The van der Waals surface area contributed by atoms with Crippen molar-refractivity contribution in [2.75, 3.05) is 5.32 Å². The van der Waals surface area contributed by atoms with E-state index in [4.69, 9.17) is 58.6 Å². The smallest absolute Gasteiger partial charge is 0.228 e. The zero-order valence-electron chi connectivity index (χ0n) is 13.0. The highest BCUT2D eigenvalue weighted by Crippen LogP contribution is 2.29. The van der Waals surface area contributed by atoms with Crippen molar-refractivity contribution in [2.45, 2.75) is 42.6 Å². The molecule has 1 amide bonds. The van der Waals surface area contributed by atoms with Crippen molar-refractivity contribution in [2.24, 2.45) is 0 Å². The predicted molar refractivity (Wildman–Crippen MR) is 107 cm³/mol. The Bertz CT molecular complexity index is 566. The summed E-state index contributed by atoms with van der Waals surface area (Å²) in [6.07, 6.45) is 2.17. The lowest BCUT2D eigenvalue weighted by Crippen LogP contribution is -2.56. The van der Waals surface area contributed by atoms with E-state index in [0.717, 1.165) is 19.3 Å². The number of hydrogen-bond donors (Lipinski definition) is 3. The summed E-state index contributed by atoms with van der Waals surface area (Å²) >= 11 is 28.9. The summed E-state index contributed by atoms with van der Waals surface area (Å²) in [4.78, 5) is 12.0. The van der Waals surface area contributed by atoms with Crippen molar-refractivity contribution < 1.29 is 4.79 Å². The number of hydrogen-bond acceptors (Lipinski definition) is 2. The quantitative estimate of drug-likeness (QED) is 0.246. The lowest BCUT2D eigenvalue weighted by atomic mass is 10.2. The summed E-state index contributed by atoms with van der Waals surface area (Å²) in [5, 5.41) is 9.12. The molecule has 0 saturated heterocycles. The molecule has 1 aromatic rings. The maximum absolute atomic E-state index is 12.0. The van der Waals surface area contributed by atoms with E-state index >= 15 is 0 Å². The van der Waals surface area contributed by atoms with Crippen LogP contribution in [0.15, 0.2) is 24.3 Å². The Labute approximate surface area is 167 Å². The molecular formula is C15H19Cl4N3OS.